The number of benzene rings is 1. The smallest absolute Gasteiger partial charge is 0.271 e. The summed E-state index contributed by atoms with van der Waals surface area (Å²) in [6.45, 7) is 4.37. The van der Waals surface area contributed by atoms with E-state index in [0.717, 1.165) is 6.42 Å². The molecule has 0 spiro atoms. The van der Waals surface area contributed by atoms with Crippen molar-refractivity contribution in [2.24, 2.45) is 5.92 Å². The molecule has 2 rings (SSSR count). The molecule has 2 atom stereocenters. The molecule has 1 N–H and O–H groups in total. The highest BCUT2D eigenvalue weighted by atomic mass is 32.2. The zero-order valence-corrected chi connectivity index (χ0v) is 13.1. The van der Waals surface area contributed by atoms with E-state index in [1.54, 1.807) is 7.05 Å². The van der Waals surface area contributed by atoms with Gasteiger partial charge in [0.15, 0.2) is 0 Å². The molecular weight excluding hydrogens is 294 g/mol. The van der Waals surface area contributed by atoms with Crippen LogP contribution < -0.4 is 5.32 Å². The van der Waals surface area contributed by atoms with Crippen molar-refractivity contribution in [1.29, 1.82) is 0 Å². The molecule has 21 heavy (non-hydrogen) atoms. The molecule has 0 radical (unpaired) electrons. The SMILES string of the molecule is CNc1cc([N+](=O)[O-])ccc1S(=O)(=O)N1CC(C)CC1C. The molecular formula is C13H19N3O4S. The highest BCUT2D eigenvalue weighted by Crippen LogP contribution is 2.33. The standard InChI is InChI=1S/C13H19N3O4S/c1-9-6-10(2)15(8-9)21(19,20)13-5-4-11(16(17)18)7-12(13)14-3/h4-5,7,9-10,14H,6,8H2,1-3H3. The second kappa shape index (κ2) is 5.61. The van der Waals surface area contributed by atoms with Crippen molar-refractivity contribution in [3.63, 3.8) is 0 Å². The predicted molar refractivity (Wildman–Crippen MR) is 79.8 cm³/mol. The van der Waals surface area contributed by atoms with Gasteiger partial charge in [-0.2, -0.15) is 4.31 Å². The average Bonchev–Trinajstić information content (AvgIpc) is 2.77. The van der Waals surface area contributed by atoms with Gasteiger partial charge in [-0.1, -0.05) is 6.92 Å². The number of nitrogens with one attached hydrogen (secondary N) is 1. The Morgan fingerprint density at radius 3 is 2.52 bits per heavy atom. The summed E-state index contributed by atoms with van der Waals surface area (Å²) in [6, 6.07) is 3.70. The number of non-ortho nitro benzene ring substituents is 1. The van der Waals surface area contributed by atoms with Crippen LogP contribution in [0, 0.1) is 16.0 Å². The maximum absolute atomic E-state index is 12.8. The number of hydrogen-bond acceptors (Lipinski definition) is 5. The number of nitro groups is 1. The lowest BCUT2D eigenvalue weighted by molar-refractivity contribution is -0.384. The van der Waals surface area contributed by atoms with E-state index in [2.05, 4.69) is 5.32 Å². The van der Waals surface area contributed by atoms with E-state index in [1.165, 1.54) is 22.5 Å². The Morgan fingerprint density at radius 1 is 1.38 bits per heavy atom. The van der Waals surface area contributed by atoms with Crippen LogP contribution in [0.3, 0.4) is 0 Å². The topological polar surface area (TPSA) is 92.5 Å². The molecule has 1 fully saturated rings. The quantitative estimate of drug-likeness (QED) is 0.678. The molecule has 1 aromatic carbocycles. The zero-order valence-electron chi connectivity index (χ0n) is 12.2. The lowest BCUT2D eigenvalue weighted by Gasteiger charge is -2.22. The van der Waals surface area contributed by atoms with E-state index in [-0.39, 0.29) is 22.3 Å². The third-order valence-electron chi connectivity index (χ3n) is 3.76. The van der Waals surface area contributed by atoms with Gasteiger partial charge >= 0.3 is 0 Å². The van der Waals surface area contributed by atoms with Crippen molar-refractivity contribution in [2.45, 2.75) is 31.2 Å². The fourth-order valence-corrected chi connectivity index (χ4v) is 4.72. The summed E-state index contributed by atoms with van der Waals surface area (Å²) in [6.07, 6.45) is 0.821. The van der Waals surface area contributed by atoms with Crippen LogP contribution in [0.1, 0.15) is 20.3 Å². The van der Waals surface area contributed by atoms with Gasteiger partial charge in [-0.25, -0.2) is 8.42 Å². The normalized spacial score (nSPS) is 23.2. The largest absolute Gasteiger partial charge is 0.387 e. The van der Waals surface area contributed by atoms with Crippen LogP contribution >= 0.6 is 0 Å². The van der Waals surface area contributed by atoms with E-state index in [4.69, 9.17) is 0 Å². The fourth-order valence-electron chi connectivity index (χ4n) is 2.77. The molecule has 0 aliphatic carbocycles. The number of anilines is 1. The molecule has 2 unspecified atom stereocenters. The summed E-state index contributed by atoms with van der Waals surface area (Å²) in [4.78, 5) is 10.3. The molecule has 0 amide bonds. The Morgan fingerprint density at radius 2 is 2.05 bits per heavy atom. The molecule has 1 saturated heterocycles. The first-order valence-electron chi connectivity index (χ1n) is 6.75. The van der Waals surface area contributed by atoms with Gasteiger partial charge in [0, 0.05) is 31.8 Å². The molecule has 1 heterocycles. The average molecular weight is 313 g/mol. The van der Waals surface area contributed by atoms with Gasteiger partial charge < -0.3 is 5.32 Å². The molecule has 116 valence electrons. The second-order valence-electron chi connectivity index (χ2n) is 5.45. The van der Waals surface area contributed by atoms with Crippen LogP contribution in [-0.4, -0.2) is 37.3 Å². The van der Waals surface area contributed by atoms with Crippen molar-refractivity contribution >= 4 is 21.4 Å². The summed E-state index contributed by atoms with van der Waals surface area (Å²) in [5.74, 6) is 0.311. The number of nitrogens with zero attached hydrogens (tertiary/aromatic N) is 2. The highest BCUT2D eigenvalue weighted by molar-refractivity contribution is 7.89. The lowest BCUT2D eigenvalue weighted by Crippen LogP contribution is -2.34. The third kappa shape index (κ3) is 2.86. The molecule has 7 nitrogen and oxygen atoms in total. The van der Waals surface area contributed by atoms with Gasteiger partial charge in [-0.15, -0.1) is 0 Å². The van der Waals surface area contributed by atoms with Crippen molar-refractivity contribution in [3.05, 3.63) is 28.3 Å². The first-order chi connectivity index (χ1) is 9.77. The minimum atomic E-state index is -3.66. The van der Waals surface area contributed by atoms with Gasteiger partial charge in [-0.3, -0.25) is 10.1 Å². The molecule has 1 aliphatic heterocycles. The lowest BCUT2D eigenvalue weighted by atomic mass is 10.1. The van der Waals surface area contributed by atoms with E-state index >= 15 is 0 Å². The van der Waals surface area contributed by atoms with Crippen LogP contribution in [0.4, 0.5) is 11.4 Å². The first kappa shape index (κ1) is 15.7. The van der Waals surface area contributed by atoms with Gasteiger partial charge in [0.05, 0.1) is 10.6 Å². The van der Waals surface area contributed by atoms with E-state index < -0.39 is 14.9 Å². The summed E-state index contributed by atoms with van der Waals surface area (Å²) < 4.78 is 27.0. The fraction of sp³-hybridized carbons (Fsp3) is 0.538. The van der Waals surface area contributed by atoms with Gasteiger partial charge in [0.1, 0.15) is 4.90 Å². The minimum Gasteiger partial charge on any atom is -0.387 e. The number of rotatable bonds is 4. The second-order valence-corrected chi connectivity index (χ2v) is 7.31. The van der Waals surface area contributed by atoms with Crippen LogP contribution in [0.2, 0.25) is 0 Å². The van der Waals surface area contributed by atoms with Crippen LogP contribution in [-0.2, 0) is 10.0 Å². The van der Waals surface area contributed by atoms with Crippen LogP contribution in [0.25, 0.3) is 0 Å². The number of sulfonamides is 1. The maximum atomic E-state index is 12.8. The Labute approximate surface area is 124 Å². The van der Waals surface area contributed by atoms with Crippen LogP contribution in [0.15, 0.2) is 23.1 Å². The van der Waals surface area contributed by atoms with Gasteiger partial charge in [-0.05, 0) is 25.3 Å². The number of hydrogen-bond donors (Lipinski definition) is 1. The monoisotopic (exact) mass is 313 g/mol. The highest BCUT2D eigenvalue weighted by Gasteiger charge is 2.37. The zero-order chi connectivity index (χ0) is 15.8. The molecule has 8 heteroatoms. The molecule has 1 aliphatic rings. The summed E-state index contributed by atoms with van der Waals surface area (Å²) in [5.41, 5.74) is 0.108. The Bertz CT molecular complexity index is 659. The first-order valence-corrected chi connectivity index (χ1v) is 8.19. The minimum absolute atomic E-state index is 0.0649. The Kier molecular flexibility index (Phi) is 4.20. The van der Waals surface area contributed by atoms with Crippen molar-refractivity contribution in [3.8, 4) is 0 Å². The van der Waals surface area contributed by atoms with E-state index in [0.29, 0.717) is 12.5 Å². The number of nitro benzene ring substituents is 1. The van der Waals surface area contributed by atoms with Gasteiger partial charge in [0.2, 0.25) is 10.0 Å². The van der Waals surface area contributed by atoms with Crippen LogP contribution in [0.5, 0.6) is 0 Å². The molecule has 1 aromatic rings. The van der Waals surface area contributed by atoms with Crippen molar-refractivity contribution in [1.82, 2.24) is 4.31 Å². The summed E-state index contributed by atoms with van der Waals surface area (Å²) in [7, 11) is -2.11. The molecule has 0 aromatic heterocycles. The third-order valence-corrected chi connectivity index (χ3v) is 5.79. The van der Waals surface area contributed by atoms with E-state index in [9.17, 15) is 18.5 Å². The van der Waals surface area contributed by atoms with Crippen molar-refractivity contribution < 1.29 is 13.3 Å². The van der Waals surface area contributed by atoms with Crippen molar-refractivity contribution in [2.75, 3.05) is 18.9 Å². The van der Waals surface area contributed by atoms with Gasteiger partial charge in [0.25, 0.3) is 5.69 Å². The maximum Gasteiger partial charge on any atom is 0.271 e. The summed E-state index contributed by atoms with van der Waals surface area (Å²) >= 11 is 0. The Balaban J connectivity index is 2.47. The predicted octanol–water partition coefficient (Wildman–Crippen LogP) is 2.06. The molecule has 0 bridgehead atoms. The Hall–Kier alpha value is -1.67. The summed E-state index contributed by atoms with van der Waals surface area (Å²) in [5, 5.41) is 13.5. The van der Waals surface area contributed by atoms with E-state index in [1.807, 2.05) is 13.8 Å². The molecule has 0 saturated carbocycles.